The summed E-state index contributed by atoms with van der Waals surface area (Å²) in [6.07, 6.45) is 0.0483. The fraction of sp³-hybridized carbons (Fsp3) is 0.357. The van der Waals surface area contributed by atoms with E-state index in [4.69, 9.17) is 4.74 Å². The number of fused-ring (bicyclic) bond motifs is 1. The Kier molecular flexibility index (Phi) is 3.76. The lowest BCUT2D eigenvalue weighted by molar-refractivity contribution is -0.115. The largest absolute Gasteiger partial charge is 0.371 e. The molecule has 2 heterocycles. The molecule has 0 spiro atoms. The van der Waals surface area contributed by atoms with Gasteiger partial charge in [0.15, 0.2) is 0 Å². The molecule has 0 aromatic heterocycles. The van der Waals surface area contributed by atoms with Gasteiger partial charge in [0, 0.05) is 0 Å². The zero-order chi connectivity index (χ0) is 14.0. The average molecular weight is 261 g/mol. The minimum atomic E-state index is -0.203. The Morgan fingerprint density at radius 3 is 2.00 bits per heavy atom. The van der Waals surface area contributed by atoms with E-state index in [-0.39, 0.29) is 23.7 Å². The summed E-state index contributed by atoms with van der Waals surface area (Å²) in [6.45, 7) is 4.08. The van der Waals surface area contributed by atoms with Gasteiger partial charge in [-0.2, -0.15) is 0 Å². The van der Waals surface area contributed by atoms with E-state index in [1.165, 1.54) is 18.7 Å². The van der Waals surface area contributed by atoms with Crippen molar-refractivity contribution in [3.63, 3.8) is 0 Å². The molecular formula is C14H15NO4. The second kappa shape index (κ2) is 5.32. The number of imide groups is 1. The third kappa shape index (κ3) is 3.06. The molecule has 0 bridgehead atoms. The molecule has 5 nitrogen and oxygen atoms in total. The van der Waals surface area contributed by atoms with E-state index in [0.29, 0.717) is 24.3 Å². The monoisotopic (exact) mass is 261 g/mol. The van der Waals surface area contributed by atoms with Gasteiger partial charge in [-0.05, 0) is 26.0 Å². The molecule has 2 aliphatic heterocycles. The first-order chi connectivity index (χ1) is 9.00. The fourth-order valence-corrected chi connectivity index (χ4v) is 1.78. The van der Waals surface area contributed by atoms with Gasteiger partial charge < -0.3 is 9.53 Å². The molecule has 5 heteroatoms. The van der Waals surface area contributed by atoms with Crippen molar-refractivity contribution in [1.82, 2.24) is 4.90 Å². The lowest BCUT2D eigenvalue weighted by atomic mass is 10.1. The van der Waals surface area contributed by atoms with E-state index in [1.807, 2.05) is 0 Å². The minimum absolute atomic E-state index is 0.0483. The van der Waals surface area contributed by atoms with Gasteiger partial charge in [-0.3, -0.25) is 14.5 Å². The van der Waals surface area contributed by atoms with Crippen LogP contribution in [0.15, 0.2) is 24.3 Å². The van der Waals surface area contributed by atoms with Crippen LogP contribution < -0.4 is 0 Å². The van der Waals surface area contributed by atoms with Crippen molar-refractivity contribution < 1.29 is 19.1 Å². The molecule has 0 radical (unpaired) electrons. The van der Waals surface area contributed by atoms with Crippen molar-refractivity contribution in [3.8, 4) is 0 Å². The van der Waals surface area contributed by atoms with Gasteiger partial charge in [0.1, 0.15) is 5.78 Å². The smallest absolute Gasteiger partial charge is 0.261 e. The number of benzene rings is 1. The standard InChI is InChI=1S/C11H9NO3.C3H6O/c13-10-8-3-1-2-4-9(8)11(14)12(10)5-7-6-15-7;1-3(2)4/h1-4,7H,5-6H2;1-2H3. The van der Waals surface area contributed by atoms with E-state index in [0.717, 1.165) is 0 Å². The van der Waals surface area contributed by atoms with Crippen LogP contribution in [0.25, 0.3) is 0 Å². The van der Waals surface area contributed by atoms with Gasteiger partial charge in [-0.25, -0.2) is 0 Å². The van der Waals surface area contributed by atoms with Crippen LogP contribution in [0.2, 0.25) is 0 Å². The maximum Gasteiger partial charge on any atom is 0.261 e. The molecule has 100 valence electrons. The number of carbonyl (C=O) groups excluding carboxylic acids is 3. The Hall–Kier alpha value is -2.01. The third-order valence-corrected chi connectivity index (χ3v) is 2.67. The van der Waals surface area contributed by atoms with Crippen molar-refractivity contribution >= 4 is 17.6 Å². The molecule has 1 aromatic rings. The first-order valence-corrected chi connectivity index (χ1v) is 6.04. The molecule has 1 aromatic carbocycles. The second-order valence-electron chi connectivity index (χ2n) is 4.63. The molecule has 2 aliphatic rings. The summed E-state index contributed by atoms with van der Waals surface area (Å²) in [5.74, 6) is -0.239. The van der Waals surface area contributed by atoms with Gasteiger partial charge in [0.05, 0.1) is 30.4 Å². The number of nitrogens with zero attached hydrogens (tertiary/aromatic N) is 1. The van der Waals surface area contributed by atoms with E-state index in [1.54, 1.807) is 24.3 Å². The van der Waals surface area contributed by atoms with Crippen LogP contribution >= 0.6 is 0 Å². The molecule has 0 aliphatic carbocycles. The number of hydrogen-bond donors (Lipinski definition) is 0. The molecule has 1 unspecified atom stereocenters. The third-order valence-electron chi connectivity index (χ3n) is 2.67. The van der Waals surface area contributed by atoms with Crippen molar-refractivity contribution in [2.75, 3.05) is 13.2 Å². The van der Waals surface area contributed by atoms with Crippen LogP contribution in [0.1, 0.15) is 34.6 Å². The number of amides is 2. The molecular weight excluding hydrogens is 246 g/mol. The van der Waals surface area contributed by atoms with E-state index < -0.39 is 0 Å². The lowest BCUT2D eigenvalue weighted by Crippen LogP contribution is -2.33. The Balaban J connectivity index is 0.000000297. The molecule has 2 amide bonds. The predicted molar refractivity (Wildman–Crippen MR) is 67.9 cm³/mol. The fourth-order valence-electron chi connectivity index (χ4n) is 1.78. The molecule has 0 N–H and O–H groups in total. The number of ketones is 1. The van der Waals surface area contributed by atoms with E-state index in [2.05, 4.69) is 0 Å². The summed E-state index contributed by atoms with van der Waals surface area (Å²) in [6, 6.07) is 6.90. The first kappa shape index (κ1) is 13.4. The summed E-state index contributed by atoms with van der Waals surface area (Å²) in [5.41, 5.74) is 1.01. The highest BCUT2D eigenvalue weighted by Crippen LogP contribution is 2.24. The SMILES string of the molecule is CC(C)=O.O=C1c2ccccc2C(=O)N1CC1CO1. The summed E-state index contributed by atoms with van der Waals surface area (Å²) < 4.78 is 5.02. The second-order valence-corrected chi connectivity index (χ2v) is 4.63. The number of ether oxygens (including phenoxy) is 1. The number of rotatable bonds is 2. The maximum atomic E-state index is 11.8. The van der Waals surface area contributed by atoms with E-state index >= 15 is 0 Å². The highest BCUT2D eigenvalue weighted by atomic mass is 16.6. The highest BCUT2D eigenvalue weighted by Gasteiger charge is 2.38. The first-order valence-electron chi connectivity index (χ1n) is 6.04. The lowest BCUT2D eigenvalue weighted by Gasteiger charge is -2.10. The Morgan fingerprint density at radius 2 is 1.63 bits per heavy atom. The zero-order valence-corrected chi connectivity index (χ0v) is 10.9. The number of carbonyl (C=O) groups is 3. The predicted octanol–water partition coefficient (Wildman–Crippen LogP) is 1.28. The van der Waals surface area contributed by atoms with Crippen LogP contribution in [0.3, 0.4) is 0 Å². The van der Waals surface area contributed by atoms with Gasteiger partial charge in [-0.15, -0.1) is 0 Å². The Morgan fingerprint density at radius 1 is 1.21 bits per heavy atom. The molecule has 0 saturated carbocycles. The number of epoxide rings is 1. The van der Waals surface area contributed by atoms with Crippen molar-refractivity contribution in [3.05, 3.63) is 35.4 Å². The Bertz CT molecular complexity index is 495. The molecule has 1 saturated heterocycles. The quantitative estimate of drug-likeness (QED) is 0.594. The summed E-state index contributed by atoms with van der Waals surface area (Å²) >= 11 is 0. The summed E-state index contributed by atoms with van der Waals surface area (Å²) in [7, 11) is 0. The van der Waals surface area contributed by atoms with Gasteiger partial charge >= 0.3 is 0 Å². The topological polar surface area (TPSA) is 67.0 Å². The normalized spacial score (nSPS) is 19.7. The zero-order valence-electron chi connectivity index (χ0n) is 10.9. The van der Waals surface area contributed by atoms with Crippen LogP contribution in [0, 0.1) is 0 Å². The van der Waals surface area contributed by atoms with Crippen LogP contribution in [0.4, 0.5) is 0 Å². The summed E-state index contributed by atoms with van der Waals surface area (Å²) in [4.78, 5) is 34.4. The van der Waals surface area contributed by atoms with Gasteiger partial charge in [0.25, 0.3) is 11.8 Å². The van der Waals surface area contributed by atoms with Crippen LogP contribution in [-0.4, -0.2) is 41.8 Å². The van der Waals surface area contributed by atoms with Crippen molar-refractivity contribution in [1.29, 1.82) is 0 Å². The van der Waals surface area contributed by atoms with Crippen molar-refractivity contribution in [2.45, 2.75) is 20.0 Å². The van der Waals surface area contributed by atoms with Gasteiger partial charge in [-0.1, -0.05) is 12.1 Å². The number of Topliss-reactive ketones (excluding diaryl/α,β-unsaturated/α-hetero) is 1. The highest BCUT2D eigenvalue weighted by molar-refractivity contribution is 6.21. The molecule has 19 heavy (non-hydrogen) atoms. The molecule has 1 fully saturated rings. The molecule has 1 atom stereocenters. The van der Waals surface area contributed by atoms with Gasteiger partial charge in [0.2, 0.25) is 0 Å². The van der Waals surface area contributed by atoms with E-state index in [9.17, 15) is 14.4 Å². The van der Waals surface area contributed by atoms with Crippen LogP contribution in [0.5, 0.6) is 0 Å². The Labute approximate surface area is 111 Å². The average Bonchev–Trinajstić information content (AvgIpc) is 3.14. The number of hydrogen-bond acceptors (Lipinski definition) is 4. The summed E-state index contributed by atoms with van der Waals surface area (Å²) in [5, 5.41) is 0. The minimum Gasteiger partial charge on any atom is -0.371 e. The van der Waals surface area contributed by atoms with Crippen LogP contribution in [-0.2, 0) is 9.53 Å². The van der Waals surface area contributed by atoms with Crippen molar-refractivity contribution in [2.24, 2.45) is 0 Å². The maximum absolute atomic E-state index is 11.8. The molecule has 3 rings (SSSR count).